The maximum atomic E-state index is 5.41. The normalized spacial score (nSPS) is 11.2. The zero-order valence-electron chi connectivity index (χ0n) is 12.6. The number of hydrogen-bond acceptors (Lipinski definition) is 2. The molecule has 1 aromatic heterocycles. The molecule has 0 unspecified atom stereocenters. The van der Waals surface area contributed by atoms with E-state index in [9.17, 15) is 0 Å². The van der Waals surface area contributed by atoms with E-state index in [2.05, 4.69) is 49.8 Å². The van der Waals surface area contributed by atoms with Crippen molar-refractivity contribution in [2.24, 2.45) is 7.05 Å². The van der Waals surface area contributed by atoms with E-state index in [1.54, 1.807) is 7.11 Å². The van der Waals surface area contributed by atoms with Crippen molar-refractivity contribution < 1.29 is 4.74 Å². The van der Waals surface area contributed by atoms with E-state index in [-0.39, 0.29) is 0 Å². The number of aryl methyl sites for hydroxylation is 2. The molecule has 1 N–H and O–H groups in total. The van der Waals surface area contributed by atoms with Crippen molar-refractivity contribution in [3.8, 4) is 5.75 Å². The van der Waals surface area contributed by atoms with Gasteiger partial charge in [0.05, 0.1) is 12.6 Å². The number of methoxy groups -OCH3 is 1. The summed E-state index contributed by atoms with van der Waals surface area (Å²) in [6.07, 6.45) is 1.06. The molecule has 0 aliphatic carbocycles. The fraction of sp³-hybridized carbons (Fsp3) is 0.500. The molecule has 0 spiro atoms. The lowest BCUT2D eigenvalue weighted by molar-refractivity contribution is 0.415. The highest BCUT2D eigenvalue weighted by Gasteiger charge is 2.14. The van der Waals surface area contributed by atoms with E-state index in [1.165, 1.54) is 27.7 Å². The predicted octanol–water partition coefficient (Wildman–Crippen LogP) is 2.96. The number of nitrogens with one attached hydrogen (secondary N) is 1. The molecule has 0 radical (unpaired) electrons. The van der Waals surface area contributed by atoms with Gasteiger partial charge >= 0.3 is 0 Å². The molecule has 3 nitrogen and oxygen atoms in total. The molecule has 0 amide bonds. The monoisotopic (exact) mass is 260 g/mol. The minimum absolute atomic E-state index is 0.945. The van der Waals surface area contributed by atoms with Gasteiger partial charge in [0.15, 0.2) is 0 Å². The number of benzene rings is 1. The van der Waals surface area contributed by atoms with Crippen LogP contribution in [0.3, 0.4) is 0 Å². The molecule has 0 aliphatic heterocycles. The molecule has 0 saturated heterocycles. The third-order valence-corrected chi connectivity index (χ3v) is 3.91. The summed E-state index contributed by atoms with van der Waals surface area (Å²) in [6.45, 7) is 8.54. The van der Waals surface area contributed by atoms with Gasteiger partial charge in [0, 0.05) is 18.1 Å². The first-order valence-electron chi connectivity index (χ1n) is 6.93. The molecule has 0 saturated carbocycles. The molecule has 0 aliphatic rings. The molecule has 19 heavy (non-hydrogen) atoms. The summed E-state index contributed by atoms with van der Waals surface area (Å²) in [7, 11) is 3.88. The van der Waals surface area contributed by atoms with Gasteiger partial charge in [-0.25, -0.2) is 0 Å². The Morgan fingerprint density at radius 1 is 1.26 bits per heavy atom. The largest absolute Gasteiger partial charge is 0.497 e. The van der Waals surface area contributed by atoms with E-state index >= 15 is 0 Å². The fourth-order valence-corrected chi connectivity index (χ4v) is 2.81. The third-order valence-electron chi connectivity index (χ3n) is 3.91. The van der Waals surface area contributed by atoms with Crippen LogP contribution < -0.4 is 10.1 Å². The highest BCUT2D eigenvalue weighted by atomic mass is 16.5. The first-order valence-corrected chi connectivity index (χ1v) is 6.93. The van der Waals surface area contributed by atoms with Crippen LogP contribution in [0.15, 0.2) is 12.1 Å². The van der Waals surface area contributed by atoms with Gasteiger partial charge in [-0.1, -0.05) is 6.92 Å². The molecule has 2 aromatic rings. The number of likely N-dealkylation sites (N-methyl/N-ethyl adjacent to an activating group) is 1. The Hall–Kier alpha value is -1.48. The predicted molar refractivity (Wildman–Crippen MR) is 81.2 cm³/mol. The van der Waals surface area contributed by atoms with Crippen LogP contribution in [0.25, 0.3) is 10.9 Å². The molecule has 0 atom stereocenters. The second-order valence-electron chi connectivity index (χ2n) is 5.07. The standard InChI is InChI=1S/C16H24N2O/c1-6-17-8-7-14-12(3)18(4)16-11(2)9-13(19-5)10-15(14)16/h9-10,17H,6-8H2,1-5H3. The topological polar surface area (TPSA) is 26.2 Å². The van der Waals surface area contributed by atoms with Gasteiger partial charge in [-0.05, 0) is 56.6 Å². The average molecular weight is 260 g/mol. The summed E-state index contributed by atoms with van der Waals surface area (Å²) < 4.78 is 7.71. The maximum absolute atomic E-state index is 5.41. The smallest absolute Gasteiger partial charge is 0.119 e. The lowest BCUT2D eigenvalue weighted by Crippen LogP contribution is -2.16. The van der Waals surface area contributed by atoms with Gasteiger partial charge in [-0.15, -0.1) is 0 Å². The van der Waals surface area contributed by atoms with E-state index in [0.717, 1.165) is 25.3 Å². The molecule has 1 heterocycles. The van der Waals surface area contributed by atoms with Gasteiger partial charge in [0.1, 0.15) is 5.75 Å². The lowest BCUT2D eigenvalue weighted by Gasteiger charge is -2.06. The zero-order chi connectivity index (χ0) is 14.0. The van der Waals surface area contributed by atoms with Crippen molar-refractivity contribution in [3.05, 3.63) is 29.0 Å². The minimum Gasteiger partial charge on any atom is -0.497 e. The van der Waals surface area contributed by atoms with Gasteiger partial charge < -0.3 is 14.6 Å². The minimum atomic E-state index is 0.945. The number of hydrogen-bond donors (Lipinski definition) is 1. The molecular formula is C16H24N2O. The first-order chi connectivity index (χ1) is 9.10. The van der Waals surface area contributed by atoms with Crippen LogP contribution in [0.1, 0.15) is 23.7 Å². The van der Waals surface area contributed by atoms with Crippen molar-refractivity contribution in [3.63, 3.8) is 0 Å². The van der Waals surface area contributed by atoms with Crippen molar-refractivity contribution in [2.75, 3.05) is 20.2 Å². The quantitative estimate of drug-likeness (QED) is 0.837. The average Bonchev–Trinajstić information content (AvgIpc) is 2.64. The molecular weight excluding hydrogens is 236 g/mol. The van der Waals surface area contributed by atoms with Crippen molar-refractivity contribution in [2.45, 2.75) is 27.2 Å². The summed E-state index contributed by atoms with van der Waals surface area (Å²) >= 11 is 0. The van der Waals surface area contributed by atoms with Crippen molar-refractivity contribution in [1.82, 2.24) is 9.88 Å². The highest BCUT2D eigenvalue weighted by Crippen LogP contribution is 2.31. The van der Waals surface area contributed by atoms with Crippen LogP contribution in [0, 0.1) is 13.8 Å². The van der Waals surface area contributed by atoms with Crippen LogP contribution in [-0.2, 0) is 13.5 Å². The van der Waals surface area contributed by atoms with Gasteiger partial charge in [-0.2, -0.15) is 0 Å². The first kappa shape index (κ1) is 13.9. The Bertz CT molecular complexity index is 584. The maximum Gasteiger partial charge on any atom is 0.119 e. The Balaban J connectivity index is 2.55. The van der Waals surface area contributed by atoms with Crippen LogP contribution in [0.5, 0.6) is 5.75 Å². The van der Waals surface area contributed by atoms with Crippen LogP contribution >= 0.6 is 0 Å². The van der Waals surface area contributed by atoms with Crippen molar-refractivity contribution in [1.29, 1.82) is 0 Å². The van der Waals surface area contributed by atoms with E-state index in [4.69, 9.17) is 4.74 Å². The fourth-order valence-electron chi connectivity index (χ4n) is 2.81. The Morgan fingerprint density at radius 3 is 2.63 bits per heavy atom. The summed E-state index contributed by atoms with van der Waals surface area (Å²) in [4.78, 5) is 0. The van der Waals surface area contributed by atoms with Gasteiger partial charge in [-0.3, -0.25) is 0 Å². The summed E-state index contributed by atoms with van der Waals surface area (Å²) in [5, 5.41) is 4.73. The molecule has 0 fully saturated rings. The molecule has 1 aromatic carbocycles. The lowest BCUT2D eigenvalue weighted by atomic mass is 10.1. The Morgan fingerprint density at radius 2 is 2.00 bits per heavy atom. The number of aromatic nitrogens is 1. The number of fused-ring (bicyclic) bond motifs is 1. The molecule has 0 bridgehead atoms. The van der Waals surface area contributed by atoms with Crippen LogP contribution in [0.4, 0.5) is 0 Å². The third kappa shape index (κ3) is 2.47. The van der Waals surface area contributed by atoms with Gasteiger partial charge in [0.2, 0.25) is 0 Å². The van der Waals surface area contributed by atoms with E-state index < -0.39 is 0 Å². The molecule has 2 rings (SSSR count). The highest BCUT2D eigenvalue weighted by molar-refractivity contribution is 5.89. The summed E-state index contributed by atoms with van der Waals surface area (Å²) in [5.74, 6) is 0.945. The Labute approximate surface area is 115 Å². The van der Waals surface area contributed by atoms with Gasteiger partial charge in [0.25, 0.3) is 0 Å². The summed E-state index contributed by atoms with van der Waals surface area (Å²) in [5.41, 5.74) is 5.38. The molecule has 104 valence electrons. The second kappa shape index (κ2) is 5.66. The van der Waals surface area contributed by atoms with Crippen LogP contribution in [-0.4, -0.2) is 24.8 Å². The SMILES string of the molecule is CCNCCc1c(C)n(C)c2c(C)cc(OC)cc12. The van der Waals surface area contributed by atoms with E-state index in [1.807, 2.05) is 0 Å². The van der Waals surface area contributed by atoms with E-state index in [0.29, 0.717) is 0 Å². The summed E-state index contributed by atoms with van der Waals surface area (Å²) in [6, 6.07) is 4.27. The van der Waals surface area contributed by atoms with Crippen molar-refractivity contribution >= 4 is 10.9 Å². The zero-order valence-corrected chi connectivity index (χ0v) is 12.6. The molecule has 3 heteroatoms. The number of rotatable bonds is 5. The Kier molecular flexibility index (Phi) is 4.15. The second-order valence-corrected chi connectivity index (χ2v) is 5.07. The van der Waals surface area contributed by atoms with Crippen LogP contribution in [0.2, 0.25) is 0 Å². The number of nitrogens with zero attached hydrogens (tertiary/aromatic N) is 1. The number of ether oxygens (including phenoxy) is 1.